The van der Waals surface area contributed by atoms with E-state index in [4.69, 9.17) is 10.8 Å². The minimum Gasteiger partial charge on any atom is -0.481 e. The number of carboxylic acids is 1. The predicted molar refractivity (Wildman–Crippen MR) is 68.6 cm³/mol. The molecule has 6 nitrogen and oxygen atoms in total. The van der Waals surface area contributed by atoms with Gasteiger partial charge in [0.05, 0.1) is 12.2 Å². The molecule has 7 heteroatoms. The Hall–Kier alpha value is -0.660. The summed E-state index contributed by atoms with van der Waals surface area (Å²) in [6.45, 7) is 1.33. The lowest BCUT2D eigenvalue weighted by atomic mass is 9.87. The molecule has 106 valence electrons. The maximum absolute atomic E-state index is 11.5. The molecule has 1 saturated heterocycles. The first kappa shape index (κ1) is 15.4. The average Bonchev–Trinajstić information content (AvgIpc) is 2.27. The molecule has 0 saturated carbocycles. The van der Waals surface area contributed by atoms with Gasteiger partial charge in [-0.1, -0.05) is 0 Å². The molecule has 1 heterocycles. The summed E-state index contributed by atoms with van der Waals surface area (Å²) in [5, 5.41) is 9.07. The van der Waals surface area contributed by atoms with E-state index in [-0.39, 0.29) is 5.92 Å². The highest BCUT2D eigenvalue weighted by atomic mass is 32.2. The van der Waals surface area contributed by atoms with E-state index in [1.165, 1.54) is 10.6 Å². The van der Waals surface area contributed by atoms with Crippen molar-refractivity contribution in [3.05, 3.63) is 0 Å². The zero-order chi connectivity index (χ0) is 13.8. The van der Waals surface area contributed by atoms with Gasteiger partial charge in [0.1, 0.15) is 0 Å². The van der Waals surface area contributed by atoms with Crippen molar-refractivity contribution >= 4 is 16.0 Å². The van der Waals surface area contributed by atoms with E-state index in [0.29, 0.717) is 32.5 Å². The van der Waals surface area contributed by atoms with Crippen molar-refractivity contribution in [2.24, 2.45) is 17.6 Å². The van der Waals surface area contributed by atoms with Crippen molar-refractivity contribution in [3.8, 4) is 0 Å². The van der Waals surface area contributed by atoms with Crippen molar-refractivity contribution in [1.82, 2.24) is 4.31 Å². The van der Waals surface area contributed by atoms with Crippen molar-refractivity contribution in [2.45, 2.75) is 25.7 Å². The van der Waals surface area contributed by atoms with E-state index < -0.39 is 21.9 Å². The van der Waals surface area contributed by atoms with Gasteiger partial charge in [0, 0.05) is 13.1 Å². The van der Waals surface area contributed by atoms with Crippen molar-refractivity contribution in [2.75, 3.05) is 25.9 Å². The van der Waals surface area contributed by atoms with Gasteiger partial charge < -0.3 is 10.8 Å². The van der Waals surface area contributed by atoms with Crippen LogP contribution in [0.25, 0.3) is 0 Å². The molecule has 0 spiro atoms. The molecule has 3 N–H and O–H groups in total. The third-order valence-corrected chi connectivity index (χ3v) is 4.70. The highest BCUT2D eigenvalue weighted by molar-refractivity contribution is 7.88. The topological polar surface area (TPSA) is 101 Å². The number of rotatable bonds is 6. The molecule has 0 aromatic rings. The highest BCUT2D eigenvalue weighted by Crippen LogP contribution is 2.26. The number of hydrogen-bond donors (Lipinski definition) is 2. The largest absolute Gasteiger partial charge is 0.481 e. The fraction of sp³-hybridized carbons (Fsp3) is 0.909. The van der Waals surface area contributed by atoms with E-state index in [0.717, 1.165) is 12.8 Å². The number of piperidine rings is 1. The van der Waals surface area contributed by atoms with Crippen LogP contribution < -0.4 is 5.73 Å². The van der Waals surface area contributed by atoms with E-state index >= 15 is 0 Å². The molecule has 0 aromatic carbocycles. The number of aliphatic carboxylic acids is 1. The number of sulfonamides is 1. The van der Waals surface area contributed by atoms with Gasteiger partial charge >= 0.3 is 5.97 Å². The number of hydrogen-bond acceptors (Lipinski definition) is 4. The van der Waals surface area contributed by atoms with Crippen LogP contribution in [0.15, 0.2) is 0 Å². The second-order valence-electron chi connectivity index (χ2n) is 4.98. The summed E-state index contributed by atoms with van der Waals surface area (Å²) in [5.74, 6) is -1.17. The average molecular weight is 278 g/mol. The lowest BCUT2D eigenvalue weighted by Crippen LogP contribution is -2.40. The van der Waals surface area contributed by atoms with Gasteiger partial charge in [-0.15, -0.1) is 0 Å². The molecule has 0 amide bonds. The molecule has 0 bridgehead atoms. The van der Waals surface area contributed by atoms with Gasteiger partial charge in [-0.25, -0.2) is 12.7 Å². The summed E-state index contributed by atoms with van der Waals surface area (Å²) in [6.07, 6.45) is 3.85. The summed E-state index contributed by atoms with van der Waals surface area (Å²) in [4.78, 5) is 11.1. The number of nitrogens with two attached hydrogens (primary N) is 1. The highest BCUT2D eigenvalue weighted by Gasteiger charge is 2.29. The summed E-state index contributed by atoms with van der Waals surface area (Å²) >= 11 is 0. The minimum atomic E-state index is -3.17. The van der Waals surface area contributed by atoms with Crippen molar-refractivity contribution in [3.63, 3.8) is 0 Å². The Labute approximate surface area is 108 Å². The van der Waals surface area contributed by atoms with Crippen LogP contribution in [-0.2, 0) is 14.8 Å². The summed E-state index contributed by atoms with van der Waals surface area (Å²) in [7, 11) is -3.17. The molecule has 2 unspecified atom stereocenters. The molecule has 2 atom stereocenters. The van der Waals surface area contributed by atoms with E-state index in [9.17, 15) is 13.2 Å². The number of carbonyl (C=O) groups is 1. The summed E-state index contributed by atoms with van der Waals surface area (Å²) < 4.78 is 24.4. The standard InChI is InChI=1S/C11H22N2O4S/c1-18(16,17)13-6-2-3-9(8-13)7-10(4-5-12)11(14)15/h9-10H,2-8,12H2,1H3,(H,14,15). The quantitative estimate of drug-likeness (QED) is 0.717. The Bertz CT molecular complexity index is 383. The van der Waals surface area contributed by atoms with Gasteiger partial charge in [-0.2, -0.15) is 0 Å². The first-order valence-electron chi connectivity index (χ1n) is 6.22. The first-order valence-corrected chi connectivity index (χ1v) is 8.07. The maximum atomic E-state index is 11.5. The van der Waals surface area contributed by atoms with E-state index in [1.807, 2.05) is 0 Å². The van der Waals surface area contributed by atoms with Crippen LogP contribution in [0.2, 0.25) is 0 Å². The molecule has 0 aromatic heterocycles. The molecule has 0 aliphatic carbocycles. The van der Waals surface area contributed by atoms with Crippen LogP contribution in [0, 0.1) is 11.8 Å². The fourth-order valence-electron chi connectivity index (χ4n) is 2.47. The minimum absolute atomic E-state index is 0.126. The Balaban J connectivity index is 2.58. The molecule has 0 radical (unpaired) electrons. The zero-order valence-electron chi connectivity index (χ0n) is 10.7. The van der Waals surface area contributed by atoms with Crippen molar-refractivity contribution in [1.29, 1.82) is 0 Å². The smallest absolute Gasteiger partial charge is 0.306 e. The monoisotopic (exact) mass is 278 g/mol. The van der Waals surface area contributed by atoms with Gasteiger partial charge in [-0.05, 0) is 38.1 Å². The Morgan fingerprint density at radius 3 is 2.72 bits per heavy atom. The van der Waals surface area contributed by atoms with Gasteiger partial charge in [0.2, 0.25) is 10.0 Å². The maximum Gasteiger partial charge on any atom is 0.306 e. The molecule has 1 aliphatic rings. The summed E-state index contributed by atoms with van der Waals surface area (Å²) in [6, 6.07) is 0. The van der Waals surface area contributed by atoms with Gasteiger partial charge in [0.25, 0.3) is 0 Å². The van der Waals surface area contributed by atoms with E-state index in [1.54, 1.807) is 0 Å². The number of nitrogens with zero attached hydrogens (tertiary/aromatic N) is 1. The molecule has 1 aliphatic heterocycles. The van der Waals surface area contributed by atoms with Crippen molar-refractivity contribution < 1.29 is 18.3 Å². The second-order valence-corrected chi connectivity index (χ2v) is 6.96. The molecule has 1 fully saturated rings. The predicted octanol–water partition coefficient (Wildman–Crippen LogP) is 0.0977. The summed E-state index contributed by atoms with van der Waals surface area (Å²) in [5.41, 5.74) is 5.40. The molecular weight excluding hydrogens is 256 g/mol. The van der Waals surface area contributed by atoms with Crippen LogP contribution in [-0.4, -0.2) is 49.7 Å². The zero-order valence-corrected chi connectivity index (χ0v) is 11.5. The van der Waals surface area contributed by atoms with E-state index in [2.05, 4.69) is 0 Å². The number of carboxylic acid groups (broad SMARTS) is 1. The Morgan fingerprint density at radius 2 is 2.22 bits per heavy atom. The molecule has 1 rings (SSSR count). The lowest BCUT2D eigenvalue weighted by Gasteiger charge is -2.32. The Morgan fingerprint density at radius 1 is 1.56 bits per heavy atom. The third-order valence-electron chi connectivity index (χ3n) is 3.43. The fourth-order valence-corrected chi connectivity index (χ4v) is 3.41. The lowest BCUT2D eigenvalue weighted by molar-refractivity contribution is -0.142. The van der Waals surface area contributed by atoms with Gasteiger partial charge in [-0.3, -0.25) is 4.79 Å². The second kappa shape index (κ2) is 6.49. The van der Waals surface area contributed by atoms with Gasteiger partial charge in [0.15, 0.2) is 0 Å². The Kier molecular flexibility index (Phi) is 5.55. The van der Waals surface area contributed by atoms with Crippen LogP contribution in [0.5, 0.6) is 0 Å². The first-order chi connectivity index (χ1) is 8.34. The SMILES string of the molecule is CS(=O)(=O)N1CCCC(CC(CCN)C(=O)O)C1. The van der Waals surface area contributed by atoms with Crippen LogP contribution in [0.4, 0.5) is 0 Å². The third kappa shape index (κ3) is 4.55. The molecule has 18 heavy (non-hydrogen) atoms. The van der Waals surface area contributed by atoms with Crippen LogP contribution in [0.3, 0.4) is 0 Å². The van der Waals surface area contributed by atoms with Crippen LogP contribution in [0.1, 0.15) is 25.7 Å². The normalized spacial score (nSPS) is 23.8. The van der Waals surface area contributed by atoms with Crippen LogP contribution >= 0.6 is 0 Å². The molecular formula is C11H22N2O4S.